The number of fused-ring (bicyclic) bond motifs is 7. The maximum Gasteiger partial charge on any atom is 0.216 e. The summed E-state index contributed by atoms with van der Waals surface area (Å²) < 4.78 is 99.0. The van der Waals surface area contributed by atoms with Crippen LogP contribution in [0.2, 0.25) is 0 Å². The summed E-state index contributed by atoms with van der Waals surface area (Å²) in [6.45, 7) is -3.10. The summed E-state index contributed by atoms with van der Waals surface area (Å²) in [7, 11) is 0. The molecule has 0 bridgehead atoms. The van der Waals surface area contributed by atoms with Gasteiger partial charge < -0.3 is 14.0 Å². The molecule has 5 nitrogen and oxygen atoms in total. The smallest absolute Gasteiger partial charge is 0.216 e. The van der Waals surface area contributed by atoms with Crippen LogP contribution < -0.4 is 0 Å². The van der Waals surface area contributed by atoms with Crippen molar-refractivity contribution in [3.8, 4) is 39.5 Å². The Hall–Kier alpha value is -6.72. The predicted octanol–water partition coefficient (Wildman–Crippen LogP) is 14.8. The van der Waals surface area contributed by atoms with Gasteiger partial charge in [0, 0.05) is 59.5 Å². The molecule has 0 amide bonds. The molecule has 6 heteroatoms. The molecule has 0 aliphatic rings. The number of nitrogens with zero attached hydrogens (tertiary/aromatic N) is 4. The summed E-state index contributed by atoms with van der Waals surface area (Å²) >= 11 is 0. The number of imidazole rings is 1. The molecule has 0 spiro atoms. The van der Waals surface area contributed by atoms with Gasteiger partial charge >= 0.3 is 0 Å². The van der Waals surface area contributed by atoms with E-state index in [0.717, 1.165) is 44.8 Å². The fourth-order valence-electron chi connectivity index (χ4n) is 8.12. The van der Waals surface area contributed by atoms with Gasteiger partial charge in [-0.2, -0.15) is 0 Å². The molecule has 4 aromatic heterocycles. The minimum absolute atomic E-state index is 0. The van der Waals surface area contributed by atoms with E-state index < -0.39 is 27.4 Å². The Kier molecular flexibility index (Phi) is 7.75. The Morgan fingerprint density at radius 1 is 0.651 bits per heavy atom. The standard InChI is InChI=1S/C43H32N3O.C14H14N.Ir/c1-26-16-21-34-33-12-9-13-35(40(33)47-42(34)44-26)41-45-37-14-7-8-15-39(37)46(41)38-23-20-29(25-36(38)43(2,3)4)28-19-22-32-30(24-28)18-17-27-10-5-6-11-31(27)32;1-10-4-6-13(7-5-10)14-8-11(2)12(3)9-15-14;/h5-12,14-25H,1-4H3;4-6,8-9H,1-3H3;/q2*-1;/i1D3;1D3,2D3,3D3;. The third-order valence-corrected chi connectivity index (χ3v) is 11.2. The van der Waals surface area contributed by atoms with Crippen LogP contribution in [0.1, 0.15) is 65.2 Å². The predicted molar refractivity (Wildman–Crippen MR) is 257 cm³/mol. The van der Waals surface area contributed by atoms with Gasteiger partial charge in [0.2, 0.25) is 5.71 Å². The van der Waals surface area contributed by atoms with E-state index in [1.807, 2.05) is 30.3 Å². The van der Waals surface area contributed by atoms with Crippen LogP contribution in [0.3, 0.4) is 0 Å². The van der Waals surface area contributed by atoms with E-state index >= 15 is 0 Å². The third kappa shape index (κ3) is 7.75. The Morgan fingerprint density at radius 2 is 1.44 bits per heavy atom. The van der Waals surface area contributed by atoms with Gasteiger partial charge in [0.05, 0.1) is 22.4 Å². The fraction of sp³-hybridized carbons (Fsp3) is 0.140. The maximum atomic E-state index is 7.86. The quantitative estimate of drug-likeness (QED) is 0.130. The Bertz CT molecular complexity index is 3960. The molecular weight excluding hydrogens is 949 g/mol. The average molecular weight is 1010 g/mol. The van der Waals surface area contributed by atoms with Gasteiger partial charge in [-0.05, 0) is 118 Å². The number of hydrogen-bond donors (Lipinski definition) is 0. The minimum Gasteiger partial charge on any atom is -0.486 e. The summed E-state index contributed by atoms with van der Waals surface area (Å²) in [5.41, 5.74) is 7.64. The van der Waals surface area contributed by atoms with Crippen LogP contribution >= 0.6 is 0 Å². The molecule has 7 aromatic carbocycles. The van der Waals surface area contributed by atoms with E-state index in [1.54, 1.807) is 12.1 Å². The Balaban J connectivity index is 0.000000233. The zero-order valence-corrected chi connectivity index (χ0v) is 36.9. The molecule has 0 aliphatic heterocycles. The molecule has 1 radical (unpaired) electrons. The van der Waals surface area contributed by atoms with Crippen molar-refractivity contribution >= 4 is 54.6 Å². The van der Waals surface area contributed by atoms with Crippen molar-refractivity contribution in [1.82, 2.24) is 19.5 Å². The first-order valence-corrected chi connectivity index (χ1v) is 20.2. The fourth-order valence-corrected chi connectivity index (χ4v) is 8.12. The van der Waals surface area contributed by atoms with E-state index in [1.165, 1.54) is 51.4 Å². The van der Waals surface area contributed by atoms with E-state index in [-0.39, 0.29) is 59.3 Å². The second-order valence-corrected chi connectivity index (χ2v) is 16.3. The molecule has 0 saturated carbocycles. The van der Waals surface area contributed by atoms with Crippen LogP contribution in [0, 0.1) is 39.5 Å². The monoisotopic (exact) mass is 1010 g/mol. The zero-order chi connectivity index (χ0) is 52.7. The van der Waals surface area contributed by atoms with Crippen molar-refractivity contribution in [1.29, 1.82) is 0 Å². The van der Waals surface area contributed by atoms with Gasteiger partial charge in [-0.1, -0.05) is 117 Å². The van der Waals surface area contributed by atoms with Crippen molar-refractivity contribution in [2.45, 2.75) is 53.6 Å². The minimum atomic E-state index is -2.61. The van der Waals surface area contributed by atoms with E-state index in [4.69, 9.17) is 25.9 Å². The molecule has 11 aromatic rings. The number of hydrogen-bond acceptors (Lipinski definition) is 4. The van der Waals surface area contributed by atoms with Gasteiger partial charge in [0.1, 0.15) is 0 Å². The van der Waals surface area contributed by atoms with E-state index in [2.05, 4.69) is 126 Å². The first-order valence-electron chi connectivity index (χ1n) is 26.2. The number of benzene rings is 7. The van der Waals surface area contributed by atoms with E-state index in [9.17, 15) is 0 Å². The SMILES string of the molecule is [2H]C([2H])([2H])c1c[c-]c(-c2cc(C([2H])([2H])[2H])c(C([2H])([2H])[2H])cn2)cc1.[2H]C([2H])([2H])c1ccc2c(n1)oc1c(-c3nc4ccccc4n3-c3ccc(-c4ccc5c(ccc6ccccc65)c4)cc3C(C)(C)C)[c-]ccc12.[Ir]. The van der Waals surface area contributed by atoms with Crippen LogP contribution in [0.15, 0.2) is 156 Å². The maximum absolute atomic E-state index is 7.86. The van der Waals surface area contributed by atoms with E-state index in [0.29, 0.717) is 22.5 Å². The van der Waals surface area contributed by atoms with Gasteiger partial charge in [0.15, 0.2) is 0 Å². The average Bonchev–Trinajstić information content (AvgIpc) is 3.93. The van der Waals surface area contributed by atoms with Crippen molar-refractivity contribution in [2.75, 3.05) is 0 Å². The van der Waals surface area contributed by atoms with Gasteiger partial charge in [0.25, 0.3) is 0 Å². The first-order chi connectivity index (χ1) is 34.8. The molecule has 63 heavy (non-hydrogen) atoms. The number of pyridine rings is 2. The molecule has 0 saturated heterocycles. The zero-order valence-electron chi connectivity index (χ0n) is 46.5. The topological polar surface area (TPSA) is 56.7 Å². The molecule has 0 aliphatic carbocycles. The summed E-state index contributed by atoms with van der Waals surface area (Å²) in [4.78, 5) is 13.6. The number of aryl methyl sites for hydroxylation is 4. The second-order valence-electron chi connectivity index (χ2n) is 16.3. The van der Waals surface area contributed by atoms with Gasteiger partial charge in [-0.25, -0.2) is 4.98 Å². The molecule has 0 atom stereocenters. The van der Waals surface area contributed by atoms with Crippen LogP contribution in [0.4, 0.5) is 0 Å². The number of furan rings is 1. The van der Waals surface area contributed by atoms with Crippen molar-refractivity contribution in [2.24, 2.45) is 0 Å². The van der Waals surface area contributed by atoms with Crippen LogP contribution in [0.25, 0.3) is 94.1 Å². The van der Waals surface area contributed by atoms with Crippen molar-refractivity contribution in [3.05, 3.63) is 192 Å². The normalized spacial score (nSPS) is 15.2. The van der Waals surface area contributed by atoms with Crippen LogP contribution in [-0.2, 0) is 25.5 Å². The summed E-state index contributed by atoms with van der Waals surface area (Å²) in [5, 5.41) is 6.52. The largest absolute Gasteiger partial charge is 0.486 e. The molecule has 0 unspecified atom stereocenters. The van der Waals surface area contributed by atoms with Crippen molar-refractivity contribution < 1.29 is 41.0 Å². The summed E-state index contributed by atoms with van der Waals surface area (Å²) in [6, 6.07) is 53.1. The summed E-state index contributed by atoms with van der Waals surface area (Å²) in [6.07, 6.45) is 1.02. The summed E-state index contributed by atoms with van der Waals surface area (Å²) in [5.74, 6) is 0.683. The van der Waals surface area contributed by atoms with Crippen LogP contribution in [-0.4, -0.2) is 19.5 Å². The second kappa shape index (κ2) is 16.5. The molecule has 4 heterocycles. The number of rotatable bonds is 4. The number of para-hydroxylation sites is 2. The van der Waals surface area contributed by atoms with Crippen LogP contribution in [0.5, 0.6) is 0 Å². The number of aromatic nitrogens is 4. The molecule has 0 fully saturated rings. The van der Waals surface area contributed by atoms with Gasteiger partial charge in [-0.15, -0.1) is 53.6 Å². The van der Waals surface area contributed by atoms with Gasteiger partial charge in [-0.3, -0.25) is 4.98 Å². The molecular formula is C57H46IrN4O-2. The molecule has 11 rings (SSSR count). The first kappa shape index (κ1) is 29.6. The molecule has 0 N–H and O–H groups in total. The Morgan fingerprint density at radius 3 is 2.27 bits per heavy atom. The van der Waals surface area contributed by atoms with Crippen molar-refractivity contribution in [3.63, 3.8) is 0 Å². The molecule has 311 valence electrons. The third-order valence-electron chi connectivity index (χ3n) is 11.2. The Labute approximate surface area is 398 Å².